The summed E-state index contributed by atoms with van der Waals surface area (Å²) in [5.74, 6) is 1.76. The lowest BCUT2D eigenvalue weighted by atomic mass is 10.1. The molecule has 0 saturated heterocycles. The average Bonchev–Trinajstić information content (AvgIpc) is 3.25. The van der Waals surface area contributed by atoms with Gasteiger partial charge in [-0.2, -0.15) is 0 Å². The molecule has 0 fully saturated rings. The Morgan fingerprint density at radius 3 is 2.79 bits per heavy atom. The van der Waals surface area contributed by atoms with Crippen molar-refractivity contribution in [3.63, 3.8) is 0 Å². The van der Waals surface area contributed by atoms with Crippen LogP contribution in [0.2, 0.25) is 5.02 Å². The van der Waals surface area contributed by atoms with Gasteiger partial charge in [-0.1, -0.05) is 23.7 Å². The number of nitrogens with one attached hydrogen (secondary N) is 1. The third-order valence-electron chi connectivity index (χ3n) is 5.06. The van der Waals surface area contributed by atoms with Crippen LogP contribution in [0.1, 0.15) is 17.5 Å². The first-order valence-corrected chi connectivity index (χ1v) is 10.6. The molecule has 0 radical (unpaired) electrons. The molecule has 0 amide bonds. The number of pyridine rings is 1. The quantitative estimate of drug-likeness (QED) is 0.318. The van der Waals surface area contributed by atoms with Crippen LogP contribution in [-0.2, 0) is 11.2 Å². The van der Waals surface area contributed by atoms with Gasteiger partial charge in [-0.15, -0.1) is 10.2 Å². The van der Waals surface area contributed by atoms with Gasteiger partial charge in [-0.05, 0) is 48.2 Å². The van der Waals surface area contributed by atoms with Gasteiger partial charge in [0.2, 0.25) is 5.95 Å². The summed E-state index contributed by atoms with van der Waals surface area (Å²) in [6.45, 7) is 0. The number of rotatable bonds is 7. The number of nitrogens with two attached hydrogens (primary N) is 1. The molecule has 0 saturated carbocycles. The first-order valence-electron chi connectivity index (χ1n) is 10.2. The molecule has 0 aliphatic rings. The minimum atomic E-state index is -0.165. The van der Waals surface area contributed by atoms with E-state index in [1.807, 2.05) is 53.1 Å². The Bertz CT molecular complexity index is 1300. The van der Waals surface area contributed by atoms with E-state index < -0.39 is 0 Å². The Balaban J connectivity index is 1.58. The van der Waals surface area contributed by atoms with Gasteiger partial charge in [0, 0.05) is 43.6 Å². The highest BCUT2D eigenvalue weighted by atomic mass is 35.5. The monoisotopic (exact) mass is 462 g/mol. The van der Waals surface area contributed by atoms with E-state index in [2.05, 4.69) is 30.5 Å². The fraction of sp³-hybridized carbons (Fsp3) is 0.174. The minimum absolute atomic E-state index is 0.165. The number of nitrogens with zero attached hydrogens (tertiary/aromatic N) is 6. The molecule has 0 aliphatic carbocycles. The lowest BCUT2D eigenvalue weighted by Gasteiger charge is -2.15. The largest absolute Gasteiger partial charge is 0.404 e. The third kappa shape index (κ3) is 5.16. The van der Waals surface area contributed by atoms with Gasteiger partial charge in [0.15, 0.2) is 5.65 Å². The highest BCUT2D eigenvalue weighted by Gasteiger charge is 2.16. The lowest BCUT2D eigenvalue weighted by molar-refractivity contribution is 0.102. The van der Waals surface area contributed by atoms with Gasteiger partial charge in [0.1, 0.15) is 11.7 Å². The number of halogens is 1. The van der Waals surface area contributed by atoms with Gasteiger partial charge >= 0.3 is 0 Å². The average molecular weight is 463 g/mol. The van der Waals surface area contributed by atoms with Crippen molar-refractivity contribution in [2.75, 3.05) is 19.5 Å². The van der Waals surface area contributed by atoms with Crippen LogP contribution in [-0.4, -0.2) is 44.6 Å². The second kappa shape index (κ2) is 10.2. The second-order valence-electron chi connectivity index (χ2n) is 7.10. The molecule has 10 heteroatoms. The zero-order chi connectivity index (χ0) is 23.2. The van der Waals surface area contributed by atoms with Crippen LogP contribution in [0.25, 0.3) is 16.9 Å². The van der Waals surface area contributed by atoms with E-state index in [1.54, 1.807) is 26.4 Å². The smallest absolute Gasteiger partial charge is 0.228 e. The number of ether oxygens (including phenoxy) is 1. The normalized spacial score (nSPS) is 13.0. The molecule has 3 N–H and O–H groups in total. The fourth-order valence-electron chi connectivity index (χ4n) is 3.38. The number of benzene rings is 1. The molecule has 0 spiro atoms. The predicted octanol–water partition coefficient (Wildman–Crippen LogP) is 3.68. The van der Waals surface area contributed by atoms with Crippen LogP contribution >= 0.6 is 11.6 Å². The zero-order valence-electron chi connectivity index (χ0n) is 18.2. The third-order valence-corrected chi connectivity index (χ3v) is 5.31. The van der Waals surface area contributed by atoms with E-state index in [4.69, 9.17) is 22.1 Å². The van der Waals surface area contributed by atoms with E-state index in [9.17, 15) is 0 Å². The van der Waals surface area contributed by atoms with Crippen molar-refractivity contribution in [3.8, 4) is 11.3 Å². The molecule has 4 rings (SSSR count). The van der Waals surface area contributed by atoms with E-state index in [0.717, 1.165) is 22.6 Å². The second-order valence-corrected chi connectivity index (χ2v) is 7.53. The summed E-state index contributed by atoms with van der Waals surface area (Å²) in [5, 5.41) is 12.4. The summed E-state index contributed by atoms with van der Waals surface area (Å²) in [6, 6.07) is 13.3. The van der Waals surface area contributed by atoms with Crippen LogP contribution in [0, 0.1) is 0 Å². The SMILES string of the molecule is CN=C(C=CN)Nc1nccc(-c2ccn3c(CC(OC)c4ccc(Cl)cc4)nnc3c2)n1. The summed E-state index contributed by atoms with van der Waals surface area (Å²) in [5.41, 5.74) is 8.80. The van der Waals surface area contributed by atoms with Crippen molar-refractivity contribution < 1.29 is 4.74 Å². The Kier molecular flexibility index (Phi) is 6.92. The molecule has 0 aliphatic heterocycles. The molecule has 1 atom stereocenters. The van der Waals surface area contributed by atoms with Crippen LogP contribution in [0.3, 0.4) is 0 Å². The number of aliphatic imine (C=N–C) groups is 1. The maximum absolute atomic E-state index is 6.01. The van der Waals surface area contributed by atoms with Gasteiger partial charge in [0.25, 0.3) is 0 Å². The number of hydrogen-bond acceptors (Lipinski definition) is 7. The van der Waals surface area contributed by atoms with Gasteiger partial charge in [-0.3, -0.25) is 9.39 Å². The minimum Gasteiger partial charge on any atom is -0.404 e. The van der Waals surface area contributed by atoms with E-state index >= 15 is 0 Å². The molecule has 4 aromatic rings. The number of hydrogen-bond donors (Lipinski definition) is 2. The Morgan fingerprint density at radius 1 is 1.24 bits per heavy atom. The Morgan fingerprint density at radius 2 is 2.06 bits per heavy atom. The van der Waals surface area contributed by atoms with Crippen LogP contribution in [0.4, 0.5) is 5.95 Å². The summed E-state index contributed by atoms with van der Waals surface area (Å²) >= 11 is 6.01. The maximum atomic E-state index is 6.01. The van der Waals surface area contributed by atoms with Crippen molar-refractivity contribution in [3.05, 3.63) is 83.5 Å². The first kappa shape index (κ1) is 22.4. The summed E-state index contributed by atoms with van der Waals surface area (Å²) in [6.07, 6.45) is 7.04. The molecule has 1 aromatic carbocycles. The standard InChI is InChI=1S/C23H23ClN8O/c1-26-20(7-10-25)29-23-27-11-8-18(28-23)16-9-12-32-21(13-16)30-31-22(32)14-19(33-2)15-3-5-17(24)6-4-15/h3-13,19H,14,25H2,1-2H3,(H,26,27,28,29). The highest BCUT2D eigenvalue weighted by molar-refractivity contribution is 6.30. The first-order chi connectivity index (χ1) is 16.1. The van der Waals surface area contributed by atoms with Crippen molar-refractivity contribution in [1.29, 1.82) is 0 Å². The van der Waals surface area contributed by atoms with Crippen molar-refractivity contribution in [2.24, 2.45) is 10.7 Å². The summed E-state index contributed by atoms with van der Waals surface area (Å²) in [7, 11) is 3.34. The fourth-order valence-corrected chi connectivity index (χ4v) is 3.50. The van der Waals surface area contributed by atoms with Gasteiger partial charge in [0.05, 0.1) is 11.8 Å². The van der Waals surface area contributed by atoms with Crippen LogP contribution in [0.5, 0.6) is 0 Å². The number of anilines is 1. The molecular formula is C23H23ClN8O. The lowest BCUT2D eigenvalue weighted by Crippen LogP contribution is -2.12. The molecule has 168 valence electrons. The molecular weight excluding hydrogens is 440 g/mol. The van der Waals surface area contributed by atoms with Crippen molar-refractivity contribution >= 4 is 29.0 Å². The number of amidine groups is 1. The van der Waals surface area contributed by atoms with Crippen molar-refractivity contribution in [2.45, 2.75) is 12.5 Å². The summed E-state index contributed by atoms with van der Waals surface area (Å²) < 4.78 is 7.64. The number of methoxy groups -OCH3 is 1. The maximum Gasteiger partial charge on any atom is 0.228 e. The highest BCUT2D eigenvalue weighted by Crippen LogP contribution is 2.24. The predicted molar refractivity (Wildman–Crippen MR) is 129 cm³/mol. The van der Waals surface area contributed by atoms with Crippen LogP contribution < -0.4 is 11.1 Å². The van der Waals surface area contributed by atoms with E-state index in [0.29, 0.717) is 28.9 Å². The molecule has 1 unspecified atom stereocenters. The summed E-state index contributed by atoms with van der Waals surface area (Å²) in [4.78, 5) is 12.9. The van der Waals surface area contributed by atoms with Crippen LogP contribution in [0.15, 0.2) is 72.1 Å². The topological polar surface area (TPSA) is 116 Å². The Labute approximate surface area is 196 Å². The van der Waals surface area contributed by atoms with Crippen molar-refractivity contribution in [1.82, 2.24) is 24.6 Å². The molecule has 3 aromatic heterocycles. The van der Waals surface area contributed by atoms with Gasteiger partial charge in [-0.25, -0.2) is 9.97 Å². The van der Waals surface area contributed by atoms with Gasteiger partial charge < -0.3 is 15.8 Å². The molecule has 0 bridgehead atoms. The molecule has 33 heavy (non-hydrogen) atoms. The van der Waals surface area contributed by atoms with E-state index in [1.165, 1.54) is 6.20 Å². The number of aromatic nitrogens is 5. The molecule has 3 heterocycles. The zero-order valence-corrected chi connectivity index (χ0v) is 18.9. The van der Waals surface area contributed by atoms with E-state index in [-0.39, 0.29) is 6.10 Å². The molecule has 9 nitrogen and oxygen atoms in total. The Hall–Kier alpha value is -3.82. The number of fused-ring (bicyclic) bond motifs is 1.